The quantitative estimate of drug-likeness (QED) is 0.925. The van der Waals surface area contributed by atoms with Gasteiger partial charge in [0, 0.05) is 16.6 Å². The zero-order valence-electron chi connectivity index (χ0n) is 10.0. The topological polar surface area (TPSA) is 42.0 Å². The van der Waals surface area contributed by atoms with Crippen molar-refractivity contribution in [2.45, 2.75) is 27.7 Å². The van der Waals surface area contributed by atoms with Crippen molar-refractivity contribution in [3.63, 3.8) is 0 Å². The van der Waals surface area contributed by atoms with Crippen LogP contribution in [0.5, 0.6) is 0 Å². The second-order valence-corrected chi connectivity index (χ2v) is 5.26. The summed E-state index contributed by atoms with van der Waals surface area (Å²) in [6.07, 6.45) is 1.68. The fourth-order valence-corrected chi connectivity index (χ4v) is 1.65. The molecule has 3 nitrogen and oxygen atoms in total. The minimum atomic E-state index is -0.00940. The molecule has 1 aromatic heterocycles. The number of halogens is 1. The highest BCUT2D eigenvalue weighted by Gasteiger charge is 2.17. The Bertz CT molecular complexity index is 391. The van der Waals surface area contributed by atoms with Gasteiger partial charge in [-0.15, -0.1) is 0 Å². The van der Waals surface area contributed by atoms with Crippen molar-refractivity contribution in [2.75, 3.05) is 5.32 Å². The molecule has 0 aliphatic rings. The molecule has 1 atom stereocenters. The van der Waals surface area contributed by atoms with E-state index >= 15 is 0 Å². The Kier molecular flexibility index (Phi) is 4.47. The number of nitrogens with zero attached hydrogens (tertiary/aromatic N) is 1. The van der Waals surface area contributed by atoms with Crippen LogP contribution in [0.2, 0.25) is 0 Å². The number of anilines is 1. The van der Waals surface area contributed by atoms with E-state index in [1.165, 1.54) is 0 Å². The molecule has 16 heavy (non-hydrogen) atoms. The predicted octanol–water partition coefficient (Wildman–Crippen LogP) is 3.38. The smallest absolute Gasteiger partial charge is 0.228 e. The molecule has 1 amide bonds. The minimum Gasteiger partial charge on any atom is -0.310 e. The molecule has 0 radical (unpaired) electrons. The summed E-state index contributed by atoms with van der Waals surface area (Å²) in [4.78, 5) is 16.0. The van der Waals surface area contributed by atoms with E-state index in [9.17, 15) is 4.79 Å². The Morgan fingerprint density at radius 1 is 1.44 bits per heavy atom. The second kappa shape index (κ2) is 5.43. The summed E-state index contributed by atoms with van der Waals surface area (Å²) < 4.78 is 0.917. The third-order valence-electron chi connectivity index (χ3n) is 2.70. The monoisotopic (exact) mass is 284 g/mol. The van der Waals surface area contributed by atoms with Crippen LogP contribution in [0.3, 0.4) is 0 Å². The standard InChI is InChI=1S/C12H17BrN2O/c1-7(2)9(4)12(16)15-11-8(3)5-10(13)6-14-11/h5-7,9H,1-4H3,(H,14,15,16). The molecular weight excluding hydrogens is 268 g/mol. The number of nitrogens with one attached hydrogen (secondary N) is 1. The second-order valence-electron chi connectivity index (χ2n) is 4.34. The molecule has 0 saturated carbocycles. The van der Waals surface area contributed by atoms with E-state index in [-0.39, 0.29) is 11.8 Å². The van der Waals surface area contributed by atoms with Gasteiger partial charge >= 0.3 is 0 Å². The lowest BCUT2D eigenvalue weighted by Crippen LogP contribution is -2.25. The molecule has 1 unspecified atom stereocenters. The molecule has 1 N–H and O–H groups in total. The van der Waals surface area contributed by atoms with Crippen LogP contribution in [0.4, 0.5) is 5.82 Å². The van der Waals surface area contributed by atoms with Gasteiger partial charge in [-0.25, -0.2) is 4.98 Å². The predicted molar refractivity (Wildman–Crippen MR) is 69.3 cm³/mol. The molecule has 0 aromatic carbocycles. The number of hydrogen-bond acceptors (Lipinski definition) is 2. The van der Waals surface area contributed by atoms with Crippen molar-refractivity contribution in [3.8, 4) is 0 Å². The molecule has 88 valence electrons. The molecule has 0 aliphatic carbocycles. The molecule has 0 aliphatic heterocycles. The van der Waals surface area contributed by atoms with Gasteiger partial charge in [0.2, 0.25) is 5.91 Å². The Hall–Kier alpha value is -0.900. The first-order chi connectivity index (χ1) is 7.41. The van der Waals surface area contributed by atoms with Crippen molar-refractivity contribution < 1.29 is 4.79 Å². The van der Waals surface area contributed by atoms with Crippen LogP contribution in [-0.2, 0) is 4.79 Å². The summed E-state index contributed by atoms with van der Waals surface area (Å²) in [5.74, 6) is 0.981. The first-order valence-corrected chi connectivity index (χ1v) is 6.14. The molecular formula is C12H17BrN2O. The molecule has 1 heterocycles. The van der Waals surface area contributed by atoms with E-state index in [1.807, 2.05) is 33.8 Å². The van der Waals surface area contributed by atoms with Crippen LogP contribution < -0.4 is 5.32 Å². The fourth-order valence-electron chi connectivity index (χ4n) is 1.20. The van der Waals surface area contributed by atoms with Crippen molar-refractivity contribution in [1.29, 1.82) is 0 Å². The van der Waals surface area contributed by atoms with E-state index in [0.29, 0.717) is 11.7 Å². The van der Waals surface area contributed by atoms with Crippen LogP contribution in [0, 0.1) is 18.8 Å². The van der Waals surface area contributed by atoms with E-state index < -0.39 is 0 Å². The minimum absolute atomic E-state index is 0.00940. The molecule has 1 aromatic rings. The third kappa shape index (κ3) is 3.30. The van der Waals surface area contributed by atoms with Crippen LogP contribution in [0.25, 0.3) is 0 Å². The maximum absolute atomic E-state index is 11.8. The summed E-state index contributed by atoms with van der Waals surface area (Å²) in [6, 6.07) is 1.93. The number of hydrogen-bond donors (Lipinski definition) is 1. The zero-order valence-corrected chi connectivity index (χ0v) is 11.6. The Morgan fingerprint density at radius 3 is 2.56 bits per heavy atom. The normalized spacial score (nSPS) is 12.6. The Morgan fingerprint density at radius 2 is 2.06 bits per heavy atom. The van der Waals surface area contributed by atoms with Crippen LogP contribution >= 0.6 is 15.9 Å². The van der Waals surface area contributed by atoms with Gasteiger partial charge < -0.3 is 5.32 Å². The van der Waals surface area contributed by atoms with Gasteiger partial charge in [0.15, 0.2) is 0 Å². The molecule has 0 spiro atoms. The van der Waals surface area contributed by atoms with Gasteiger partial charge in [0.25, 0.3) is 0 Å². The summed E-state index contributed by atoms with van der Waals surface area (Å²) >= 11 is 3.34. The van der Waals surface area contributed by atoms with Gasteiger partial charge in [-0.05, 0) is 40.4 Å². The molecule has 0 saturated heterocycles. The van der Waals surface area contributed by atoms with Gasteiger partial charge in [-0.1, -0.05) is 20.8 Å². The maximum Gasteiger partial charge on any atom is 0.228 e. The zero-order chi connectivity index (χ0) is 12.3. The number of aryl methyl sites for hydroxylation is 1. The number of carbonyl (C=O) groups excluding carboxylic acids is 1. The van der Waals surface area contributed by atoms with E-state index in [1.54, 1.807) is 6.20 Å². The molecule has 1 rings (SSSR count). The average Bonchev–Trinajstić information content (AvgIpc) is 2.20. The number of amides is 1. The van der Waals surface area contributed by atoms with Gasteiger partial charge in [0.1, 0.15) is 5.82 Å². The number of aromatic nitrogens is 1. The van der Waals surface area contributed by atoms with Crippen molar-refractivity contribution in [1.82, 2.24) is 4.98 Å². The van der Waals surface area contributed by atoms with E-state index in [2.05, 4.69) is 26.2 Å². The Labute approximate surface area is 105 Å². The lowest BCUT2D eigenvalue weighted by molar-refractivity contribution is -0.120. The number of rotatable bonds is 3. The summed E-state index contributed by atoms with van der Waals surface area (Å²) in [5, 5.41) is 2.85. The van der Waals surface area contributed by atoms with E-state index in [4.69, 9.17) is 0 Å². The molecule has 0 fully saturated rings. The highest BCUT2D eigenvalue weighted by molar-refractivity contribution is 9.10. The van der Waals surface area contributed by atoms with Crippen LogP contribution in [-0.4, -0.2) is 10.9 Å². The summed E-state index contributed by atoms with van der Waals surface area (Å²) in [7, 11) is 0. The maximum atomic E-state index is 11.8. The van der Waals surface area contributed by atoms with Crippen LogP contribution in [0.1, 0.15) is 26.3 Å². The van der Waals surface area contributed by atoms with Crippen molar-refractivity contribution >= 4 is 27.7 Å². The van der Waals surface area contributed by atoms with Gasteiger partial charge in [-0.3, -0.25) is 4.79 Å². The van der Waals surface area contributed by atoms with Crippen LogP contribution in [0.15, 0.2) is 16.7 Å². The summed E-state index contributed by atoms with van der Waals surface area (Å²) in [5.41, 5.74) is 0.957. The Balaban J connectivity index is 2.77. The average molecular weight is 285 g/mol. The third-order valence-corrected chi connectivity index (χ3v) is 3.13. The molecule has 0 bridgehead atoms. The van der Waals surface area contributed by atoms with Gasteiger partial charge in [-0.2, -0.15) is 0 Å². The lowest BCUT2D eigenvalue weighted by atomic mass is 9.97. The highest BCUT2D eigenvalue weighted by Crippen LogP contribution is 2.18. The van der Waals surface area contributed by atoms with Gasteiger partial charge in [0.05, 0.1) is 0 Å². The summed E-state index contributed by atoms with van der Waals surface area (Å²) in [6.45, 7) is 7.92. The number of carbonyl (C=O) groups is 1. The first-order valence-electron chi connectivity index (χ1n) is 5.34. The van der Waals surface area contributed by atoms with Crippen molar-refractivity contribution in [3.05, 3.63) is 22.3 Å². The fraction of sp³-hybridized carbons (Fsp3) is 0.500. The van der Waals surface area contributed by atoms with E-state index in [0.717, 1.165) is 10.0 Å². The van der Waals surface area contributed by atoms with Crippen molar-refractivity contribution in [2.24, 2.45) is 11.8 Å². The number of pyridine rings is 1. The largest absolute Gasteiger partial charge is 0.310 e. The SMILES string of the molecule is Cc1cc(Br)cnc1NC(=O)C(C)C(C)C. The lowest BCUT2D eigenvalue weighted by Gasteiger charge is -2.15. The highest BCUT2D eigenvalue weighted by atomic mass is 79.9. The first kappa shape index (κ1) is 13.2. The molecule has 4 heteroatoms.